The van der Waals surface area contributed by atoms with Gasteiger partial charge in [0.15, 0.2) is 5.96 Å². The number of fused-ring (bicyclic) bond motifs is 1. The fourth-order valence-electron chi connectivity index (χ4n) is 3.73. The summed E-state index contributed by atoms with van der Waals surface area (Å²) in [5.41, 5.74) is 9.08. The average molecular weight is 371 g/mol. The topological polar surface area (TPSA) is 98.5 Å². The van der Waals surface area contributed by atoms with Gasteiger partial charge >= 0.3 is 0 Å². The Kier molecular flexibility index (Phi) is 6.34. The van der Waals surface area contributed by atoms with E-state index in [1.165, 1.54) is 22.0 Å². The van der Waals surface area contributed by atoms with Crippen molar-refractivity contribution in [1.29, 1.82) is 0 Å². The van der Waals surface area contributed by atoms with E-state index in [1.54, 1.807) is 7.05 Å². The summed E-state index contributed by atoms with van der Waals surface area (Å²) < 4.78 is 0. The van der Waals surface area contributed by atoms with Gasteiger partial charge in [0.2, 0.25) is 5.91 Å². The number of nitrogens with one attached hydrogen (secondary N) is 3. The number of para-hydroxylation sites is 1. The minimum Gasteiger partial charge on any atom is -0.369 e. The zero-order valence-electron chi connectivity index (χ0n) is 16.2. The van der Waals surface area contributed by atoms with E-state index in [2.05, 4.69) is 56.8 Å². The van der Waals surface area contributed by atoms with E-state index in [1.807, 2.05) is 0 Å². The lowest BCUT2D eigenvalue weighted by molar-refractivity contribution is -0.119. The highest BCUT2D eigenvalue weighted by Crippen LogP contribution is 2.21. The van der Waals surface area contributed by atoms with Crippen LogP contribution in [0.15, 0.2) is 29.4 Å². The molecule has 1 saturated heterocycles. The number of carbonyl (C=O) groups excluding carboxylic acids is 1. The SMILES string of the molecule is CN=C(NCCc1c[nH]c2c(C)cccc12)NC1CCN(CC(N)=O)CC1. The highest BCUT2D eigenvalue weighted by molar-refractivity contribution is 5.86. The predicted octanol–water partition coefficient (Wildman–Crippen LogP) is 1.13. The normalized spacial score (nSPS) is 16.6. The molecule has 0 bridgehead atoms. The quantitative estimate of drug-likeness (QED) is 0.453. The highest BCUT2D eigenvalue weighted by atomic mass is 16.1. The monoisotopic (exact) mass is 370 g/mol. The summed E-state index contributed by atoms with van der Waals surface area (Å²) in [5.74, 6) is 0.575. The molecule has 1 aromatic carbocycles. The predicted molar refractivity (Wildman–Crippen MR) is 110 cm³/mol. The van der Waals surface area contributed by atoms with Crippen LogP contribution >= 0.6 is 0 Å². The first kappa shape index (κ1) is 19.2. The van der Waals surface area contributed by atoms with E-state index < -0.39 is 0 Å². The molecule has 0 aliphatic carbocycles. The Morgan fingerprint density at radius 1 is 1.37 bits per heavy atom. The lowest BCUT2D eigenvalue weighted by Gasteiger charge is -2.32. The third-order valence-corrected chi connectivity index (χ3v) is 5.23. The van der Waals surface area contributed by atoms with Crippen LogP contribution in [0.25, 0.3) is 10.9 Å². The number of benzene rings is 1. The van der Waals surface area contributed by atoms with Gasteiger partial charge in [-0.1, -0.05) is 18.2 Å². The van der Waals surface area contributed by atoms with Crippen LogP contribution in [0.2, 0.25) is 0 Å². The van der Waals surface area contributed by atoms with Crippen molar-refractivity contribution >= 4 is 22.8 Å². The van der Waals surface area contributed by atoms with E-state index >= 15 is 0 Å². The van der Waals surface area contributed by atoms with Crippen molar-refractivity contribution in [2.75, 3.05) is 33.2 Å². The van der Waals surface area contributed by atoms with Gasteiger partial charge in [-0.05, 0) is 37.3 Å². The summed E-state index contributed by atoms with van der Waals surface area (Å²) in [6.45, 7) is 5.06. The molecule has 5 N–H and O–H groups in total. The maximum Gasteiger partial charge on any atom is 0.231 e. The number of aliphatic imine (C=N–C) groups is 1. The summed E-state index contributed by atoms with van der Waals surface area (Å²) in [4.78, 5) is 20.9. The number of aromatic amines is 1. The molecule has 3 rings (SSSR count). The van der Waals surface area contributed by atoms with Crippen molar-refractivity contribution in [2.24, 2.45) is 10.7 Å². The minimum absolute atomic E-state index is 0.258. The number of guanidine groups is 1. The second-order valence-corrected chi connectivity index (χ2v) is 7.22. The first-order valence-electron chi connectivity index (χ1n) is 9.60. The second kappa shape index (κ2) is 8.90. The van der Waals surface area contributed by atoms with Crippen molar-refractivity contribution in [3.8, 4) is 0 Å². The zero-order chi connectivity index (χ0) is 19.2. The molecule has 2 aromatic rings. The van der Waals surface area contributed by atoms with Crippen LogP contribution in [-0.4, -0.2) is 61.0 Å². The smallest absolute Gasteiger partial charge is 0.231 e. The molecule has 0 atom stereocenters. The fraction of sp³-hybridized carbons (Fsp3) is 0.500. The maximum atomic E-state index is 11.0. The molecule has 1 amide bonds. The van der Waals surface area contributed by atoms with Crippen LogP contribution in [0.3, 0.4) is 0 Å². The number of carbonyl (C=O) groups is 1. The van der Waals surface area contributed by atoms with Crippen molar-refractivity contribution in [3.63, 3.8) is 0 Å². The summed E-state index contributed by atoms with van der Waals surface area (Å²) >= 11 is 0. The first-order valence-corrected chi connectivity index (χ1v) is 9.60. The van der Waals surface area contributed by atoms with Crippen molar-refractivity contribution in [3.05, 3.63) is 35.5 Å². The Morgan fingerprint density at radius 2 is 2.15 bits per heavy atom. The Morgan fingerprint density at radius 3 is 2.85 bits per heavy atom. The number of likely N-dealkylation sites (tertiary alicyclic amines) is 1. The third-order valence-electron chi connectivity index (χ3n) is 5.23. The van der Waals surface area contributed by atoms with Gasteiger partial charge in [-0.15, -0.1) is 0 Å². The number of primary amides is 1. The Hall–Kier alpha value is -2.54. The number of aryl methyl sites for hydroxylation is 1. The van der Waals surface area contributed by atoms with Gasteiger partial charge in [0, 0.05) is 49.8 Å². The second-order valence-electron chi connectivity index (χ2n) is 7.22. The number of nitrogens with two attached hydrogens (primary N) is 1. The van der Waals surface area contributed by atoms with E-state index in [4.69, 9.17) is 5.73 Å². The van der Waals surface area contributed by atoms with Gasteiger partial charge in [-0.3, -0.25) is 14.7 Å². The van der Waals surface area contributed by atoms with Crippen LogP contribution in [0.1, 0.15) is 24.0 Å². The zero-order valence-corrected chi connectivity index (χ0v) is 16.2. The molecule has 0 saturated carbocycles. The lowest BCUT2D eigenvalue weighted by atomic mass is 10.1. The van der Waals surface area contributed by atoms with Crippen LogP contribution in [0.4, 0.5) is 0 Å². The Bertz CT molecular complexity index is 804. The molecule has 0 spiro atoms. The standard InChI is InChI=1S/C20H30N6O/c1-14-4-3-5-17-15(12-24-19(14)17)6-9-23-20(22-2)25-16-7-10-26(11-8-16)13-18(21)27/h3-5,12,16,24H,6-11,13H2,1-2H3,(H2,21,27)(H2,22,23,25). The number of piperidine rings is 1. The first-order chi connectivity index (χ1) is 13.1. The van der Waals surface area contributed by atoms with Gasteiger partial charge in [0.1, 0.15) is 0 Å². The number of nitrogens with zero attached hydrogens (tertiary/aromatic N) is 2. The van der Waals surface area contributed by atoms with Crippen molar-refractivity contribution < 1.29 is 4.79 Å². The molecule has 146 valence electrons. The van der Waals surface area contributed by atoms with Gasteiger partial charge in [-0.25, -0.2) is 0 Å². The highest BCUT2D eigenvalue weighted by Gasteiger charge is 2.20. The number of H-pyrrole nitrogens is 1. The van der Waals surface area contributed by atoms with Crippen molar-refractivity contribution in [2.45, 2.75) is 32.2 Å². The molecule has 1 aromatic heterocycles. The van der Waals surface area contributed by atoms with Crippen LogP contribution in [0, 0.1) is 6.92 Å². The van der Waals surface area contributed by atoms with Gasteiger partial charge < -0.3 is 21.4 Å². The minimum atomic E-state index is -0.258. The number of hydrogen-bond donors (Lipinski definition) is 4. The number of rotatable bonds is 6. The molecule has 7 heteroatoms. The molecule has 0 radical (unpaired) electrons. The number of amides is 1. The van der Waals surface area contributed by atoms with E-state index in [-0.39, 0.29) is 5.91 Å². The maximum absolute atomic E-state index is 11.0. The molecular weight excluding hydrogens is 340 g/mol. The number of hydrogen-bond acceptors (Lipinski definition) is 3. The molecule has 7 nitrogen and oxygen atoms in total. The summed E-state index contributed by atoms with van der Waals surface area (Å²) in [6.07, 6.45) is 5.00. The summed E-state index contributed by atoms with van der Waals surface area (Å²) in [5, 5.41) is 8.20. The van der Waals surface area contributed by atoms with Gasteiger partial charge in [-0.2, -0.15) is 0 Å². The fourth-order valence-corrected chi connectivity index (χ4v) is 3.73. The summed E-state index contributed by atoms with van der Waals surface area (Å²) in [6, 6.07) is 6.77. The molecular formula is C20H30N6O. The van der Waals surface area contributed by atoms with Gasteiger partial charge in [0.05, 0.1) is 6.54 Å². The van der Waals surface area contributed by atoms with Crippen LogP contribution < -0.4 is 16.4 Å². The molecule has 2 heterocycles. The number of aromatic nitrogens is 1. The van der Waals surface area contributed by atoms with Crippen molar-refractivity contribution in [1.82, 2.24) is 20.5 Å². The molecule has 0 unspecified atom stereocenters. The average Bonchev–Trinajstić information content (AvgIpc) is 3.06. The Balaban J connectivity index is 1.46. The Labute approximate surface area is 160 Å². The molecule has 1 aliphatic heterocycles. The van der Waals surface area contributed by atoms with E-state index in [0.29, 0.717) is 12.6 Å². The molecule has 1 aliphatic rings. The largest absolute Gasteiger partial charge is 0.369 e. The lowest BCUT2D eigenvalue weighted by Crippen LogP contribution is -2.50. The van der Waals surface area contributed by atoms with E-state index in [9.17, 15) is 4.79 Å². The summed E-state index contributed by atoms with van der Waals surface area (Å²) in [7, 11) is 1.80. The van der Waals surface area contributed by atoms with E-state index in [0.717, 1.165) is 44.9 Å². The third kappa shape index (κ3) is 5.01. The van der Waals surface area contributed by atoms with Crippen LogP contribution in [-0.2, 0) is 11.2 Å². The molecule has 27 heavy (non-hydrogen) atoms. The van der Waals surface area contributed by atoms with Crippen LogP contribution in [0.5, 0.6) is 0 Å². The molecule has 1 fully saturated rings. The van der Waals surface area contributed by atoms with Gasteiger partial charge in [0.25, 0.3) is 0 Å².